The summed E-state index contributed by atoms with van der Waals surface area (Å²) in [7, 11) is -3.96. The molecule has 7 heteroatoms. The van der Waals surface area contributed by atoms with E-state index in [1.54, 1.807) is 18.2 Å². The van der Waals surface area contributed by atoms with E-state index in [2.05, 4.69) is 22.2 Å². The van der Waals surface area contributed by atoms with Crippen LogP contribution in [0.3, 0.4) is 0 Å². The van der Waals surface area contributed by atoms with E-state index in [9.17, 15) is 17.6 Å². The van der Waals surface area contributed by atoms with Crippen molar-refractivity contribution >= 4 is 21.6 Å². The minimum Gasteiger partial charge on any atom is -0.351 e. The molecule has 0 unspecified atom stereocenters. The predicted molar refractivity (Wildman–Crippen MR) is 113 cm³/mol. The summed E-state index contributed by atoms with van der Waals surface area (Å²) in [5.74, 6) is -0.879. The molecule has 2 N–H and O–H groups in total. The van der Waals surface area contributed by atoms with Crippen molar-refractivity contribution in [2.24, 2.45) is 0 Å². The van der Waals surface area contributed by atoms with E-state index in [0.29, 0.717) is 6.54 Å². The third kappa shape index (κ3) is 4.21. The molecule has 1 fully saturated rings. The number of hydrogen-bond donors (Lipinski definition) is 2. The van der Waals surface area contributed by atoms with Crippen LogP contribution in [0.25, 0.3) is 0 Å². The molecule has 0 heterocycles. The molecule has 0 atom stereocenters. The normalized spacial score (nSPS) is 14.7. The van der Waals surface area contributed by atoms with Gasteiger partial charge in [0, 0.05) is 12.0 Å². The summed E-state index contributed by atoms with van der Waals surface area (Å²) in [5.41, 5.74) is 1.53. The lowest BCUT2D eigenvalue weighted by Gasteiger charge is -2.18. The zero-order valence-electron chi connectivity index (χ0n) is 16.1. The van der Waals surface area contributed by atoms with Gasteiger partial charge in [-0.05, 0) is 54.8 Å². The molecule has 0 aliphatic heterocycles. The third-order valence-electron chi connectivity index (χ3n) is 5.37. The quantitative estimate of drug-likeness (QED) is 0.600. The highest BCUT2D eigenvalue weighted by Gasteiger charge is 2.44. The van der Waals surface area contributed by atoms with Crippen LogP contribution in [0.1, 0.15) is 28.8 Å². The molecule has 0 bridgehead atoms. The lowest BCUT2D eigenvalue weighted by Crippen LogP contribution is -2.32. The summed E-state index contributed by atoms with van der Waals surface area (Å²) in [5, 5.41) is 2.95. The maximum Gasteiger partial charge on any atom is 0.261 e. The molecule has 154 valence electrons. The topological polar surface area (TPSA) is 75.3 Å². The number of benzene rings is 3. The predicted octanol–water partition coefficient (Wildman–Crippen LogP) is 4.09. The zero-order chi connectivity index (χ0) is 21.2. The summed E-state index contributed by atoms with van der Waals surface area (Å²) in [4.78, 5) is 12.8. The molecular formula is C23H21FN2O3S. The number of para-hydroxylation sites is 1. The molecule has 4 rings (SSSR count). The molecule has 1 aliphatic carbocycles. The average molecular weight is 424 g/mol. The highest BCUT2D eigenvalue weighted by atomic mass is 32.2. The van der Waals surface area contributed by atoms with E-state index in [4.69, 9.17) is 0 Å². The van der Waals surface area contributed by atoms with Crippen molar-refractivity contribution in [3.63, 3.8) is 0 Å². The standard InChI is InChI=1S/C23H21FN2O3S/c24-18-10-12-19(13-11-18)30(28,29)26-21-9-5-4-8-20(21)22(27)25-16-23(14-15-23)17-6-2-1-3-7-17/h1-13,26H,14-16H2,(H,25,27). The Hall–Kier alpha value is -3.19. The molecule has 0 radical (unpaired) electrons. The van der Waals surface area contributed by atoms with E-state index in [0.717, 1.165) is 25.0 Å². The fraction of sp³-hybridized carbons (Fsp3) is 0.174. The van der Waals surface area contributed by atoms with Crippen molar-refractivity contribution in [3.05, 3.63) is 95.8 Å². The van der Waals surface area contributed by atoms with Gasteiger partial charge in [0.05, 0.1) is 16.1 Å². The van der Waals surface area contributed by atoms with Crippen molar-refractivity contribution in [2.75, 3.05) is 11.3 Å². The number of carbonyl (C=O) groups is 1. The minimum absolute atomic E-state index is 0.0561. The van der Waals surface area contributed by atoms with Gasteiger partial charge < -0.3 is 5.32 Å². The Bertz CT molecular complexity index is 1160. The van der Waals surface area contributed by atoms with E-state index in [1.165, 1.54) is 23.8 Å². The number of rotatable bonds is 7. The minimum atomic E-state index is -3.96. The van der Waals surface area contributed by atoms with Crippen molar-refractivity contribution in [1.29, 1.82) is 0 Å². The number of carbonyl (C=O) groups excluding carboxylic acids is 1. The molecule has 1 amide bonds. The van der Waals surface area contributed by atoms with Crippen LogP contribution in [0.4, 0.5) is 10.1 Å². The van der Waals surface area contributed by atoms with Crippen molar-refractivity contribution in [3.8, 4) is 0 Å². The van der Waals surface area contributed by atoms with Gasteiger partial charge in [0.25, 0.3) is 15.9 Å². The summed E-state index contributed by atoms with van der Waals surface area (Å²) >= 11 is 0. The van der Waals surface area contributed by atoms with Gasteiger partial charge in [-0.3, -0.25) is 9.52 Å². The van der Waals surface area contributed by atoms with Gasteiger partial charge in [-0.15, -0.1) is 0 Å². The molecule has 0 saturated heterocycles. The summed E-state index contributed by atoms with van der Waals surface area (Å²) < 4.78 is 40.8. The van der Waals surface area contributed by atoms with Gasteiger partial charge in [-0.1, -0.05) is 42.5 Å². The van der Waals surface area contributed by atoms with Crippen molar-refractivity contribution in [1.82, 2.24) is 5.32 Å². The van der Waals surface area contributed by atoms with Gasteiger partial charge in [0.2, 0.25) is 0 Å². The van der Waals surface area contributed by atoms with Crippen LogP contribution in [-0.2, 0) is 15.4 Å². The fourth-order valence-electron chi connectivity index (χ4n) is 3.44. The Morgan fingerprint density at radius 2 is 1.53 bits per heavy atom. The molecule has 30 heavy (non-hydrogen) atoms. The first kappa shape index (κ1) is 20.1. The molecule has 3 aromatic rings. The smallest absolute Gasteiger partial charge is 0.261 e. The lowest BCUT2D eigenvalue weighted by atomic mass is 9.96. The first-order valence-electron chi connectivity index (χ1n) is 9.61. The fourth-order valence-corrected chi connectivity index (χ4v) is 4.52. The summed E-state index contributed by atoms with van der Waals surface area (Å²) in [6.07, 6.45) is 1.99. The van der Waals surface area contributed by atoms with Crippen LogP contribution >= 0.6 is 0 Å². The zero-order valence-corrected chi connectivity index (χ0v) is 17.0. The maximum atomic E-state index is 13.1. The number of sulfonamides is 1. The Kier molecular flexibility index (Phi) is 5.30. The van der Waals surface area contributed by atoms with E-state index in [1.807, 2.05) is 18.2 Å². The van der Waals surface area contributed by atoms with Crippen molar-refractivity contribution in [2.45, 2.75) is 23.2 Å². The van der Waals surface area contributed by atoms with Gasteiger partial charge in [0.1, 0.15) is 5.82 Å². The Morgan fingerprint density at radius 1 is 0.900 bits per heavy atom. The molecule has 3 aromatic carbocycles. The summed E-state index contributed by atoms with van der Waals surface area (Å²) in [6, 6.07) is 21.0. The van der Waals surface area contributed by atoms with Crippen LogP contribution in [0.5, 0.6) is 0 Å². The lowest BCUT2D eigenvalue weighted by molar-refractivity contribution is 0.0950. The van der Waals surface area contributed by atoms with Crippen LogP contribution in [0.15, 0.2) is 83.8 Å². The molecule has 0 aromatic heterocycles. The van der Waals surface area contributed by atoms with Gasteiger partial charge in [-0.25, -0.2) is 12.8 Å². The van der Waals surface area contributed by atoms with Gasteiger partial charge >= 0.3 is 0 Å². The highest BCUT2D eigenvalue weighted by Crippen LogP contribution is 2.47. The largest absolute Gasteiger partial charge is 0.351 e. The van der Waals surface area contributed by atoms with Crippen molar-refractivity contribution < 1.29 is 17.6 Å². The average Bonchev–Trinajstić information content (AvgIpc) is 3.54. The second kappa shape index (κ2) is 7.91. The van der Waals surface area contributed by atoms with Crippen LogP contribution < -0.4 is 10.0 Å². The Balaban J connectivity index is 1.50. The monoisotopic (exact) mass is 424 g/mol. The second-order valence-electron chi connectivity index (χ2n) is 7.43. The highest BCUT2D eigenvalue weighted by molar-refractivity contribution is 7.92. The van der Waals surface area contributed by atoms with Gasteiger partial charge in [-0.2, -0.15) is 0 Å². The number of halogens is 1. The molecule has 5 nitrogen and oxygen atoms in total. The number of hydrogen-bond acceptors (Lipinski definition) is 3. The first-order valence-corrected chi connectivity index (χ1v) is 11.1. The maximum absolute atomic E-state index is 13.1. The number of amides is 1. The van der Waals surface area contributed by atoms with Crippen LogP contribution in [0.2, 0.25) is 0 Å². The summed E-state index contributed by atoms with van der Waals surface area (Å²) in [6.45, 7) is 0.481. The number of nitrogens with one attached hydrogen (secondary N) is 2. The van der Waals surface area contributed by atoms with E-state index >= 15 is 0 Å². The number of anilines is 1. The first-order chi connectivity index (χ1) is 14.4. The third-order valence-corrected chi connectivity index (χ3v) is 6.75. The SMILES string of the molecule is O=C(NCC1(c2ccccc2)CC1)c1ccccc1NS(=O)(=O)c1ccc(F)cc1. The second-order valence-corrected chi connectivity index (χ2v) is 9.12. The Morgan fingerprint density at radius 3 is 2.20 bits per heavy atom. The molecular weight excluding hydrogens is 403 g/mol. The van der Waals surface area contributed by atoms with E-state index < -0.39 is 15.8 Å². The van der Waals surface area contributed by atoms with E-state index in [-0.39, 0.29) is 27.5 Å². The van der Waals surface area contributed by atoms with Gasteiger partial charge in [0.15, 0.2) is 0 Å². The van der Waals surface area contributed by atoms with Crippen LogP contribution in [0, 0.1) is 5.82 Å². The molecule has 1 aliphatic rings. The molecule has 0 spiro atoms. The Labute approximate surface area is 175 Å². The van der Waals surface area contributed by atoms with Crippen LogP contribution in [-0.4, -0.2) is 20.9 Å². The molecule has 1 saturated carbocycles.